The Kier molecular flexibility index (Phi) is 5.12. The average Bonchev–Trinajstić information content (AvgIpc) is 3.19. The summed E-state index contributed by atoms with van der Waals surface area (Å²) in [5, 5.41) is 34.3. The van der Waals surface area contributed by atoms with Crippen LogP contribution in [0.3, 0.4) is 0 Å². The Labute approximate surface area is 188 Å². The SMILES string of the molecule is C=C1C[C@]23C[C@@]1(O)CC[C@H]2C1=C[C@H]2OC(=O)[C@@](C)([C@H]1[C@@H]3C(=O)NCCCCCCO)[C@H]2O. The summed E-state index contributed by atoms with van der Waals surface area (Å²) in [5.41, 5.74) is -0.735. The van der Waals surface area contributed by atoms with E-state index in [9.17, 15) is 19.8 Å². The van der Waals surface area contributed by atoms with Gasteiger partial charge in [0.15, 0.2) is 0 Å². The molecule has 5 rings (SSSR count). The third kappa shape index (κ3) is 2.77. The molecule has 1 saturated heterocycles. The Morgan fingerprint density at radius 3 is 2.81 bits per heavy atom. The summed E-state index contributed by atoms with van der Waals surface area (Å²) < 4.78 is 5.51. The van der Waals surface area contributed by atoms with Crippen LogP contribution < -0.4 is 5.32 Å². The van der Waals surface area contributed by atoms with Gasteiger partial charge in [-0.25, -0.2) is 0 Å². The average molecular weight is 446 g/mol. The summed E-state index contributed by atoms with van der Waals surface area (Å²) in [4.78, 5) is 26.7. The predicted octanol–water partition coefficient (Wildman–Crippen LogP) is 1.61. The fourth-order valence-corrected chi connectivity index (χ4v) is 7.79. The number of fused-ring (bicyclic) bond motifs is 6. The molecular formula is C25H35NO6. The van der Waals surface area contributed by atoms with Gasteiger partial charge < -0.3 is 25.4 Å². The molecule has 3 saturated carbocycles. The second kappa shape index (κ2) is 7.40. The zero-order valence-electron chi connectivity index (χ0n) is 18.8. The van der Waals surface area contributed by atoms with Gasteiger partial charge in [0.05, 0.1) is 11.5 Å². The lowest BCUT2D eigenvalue weighted by molar-refractivity contribution is -0.151. The van der Waals surface area contributed by atoms with Crippen molar-refractivity contribution in [3.05, 3.63) is 23.8 Å². The molecule has 32 heavy (non-hydrogen) atoms. The number of ether oxygens (including phenoxy) is 1. The van der Waals surface area contributed by atoms with Gasteiger partial charge in [0, 0.05) is 19.1 Å². The molecule has 1 amide bonds. The Morgan fingerprint density at radius 2 is 2.06 bits per heavy atom. The first kappa shape index (κ1) is 22.1. The molecule has 7 nitrogen and oxygen atoms in total. The van der Waals surface area contributed by atoms with Gasteiger partial charge in [0.2, 0.25) is 5.91 Å². The molecule has 0 aromatic rings. The second-order valence-electron chi connectivity index (χ2n) is 11.0. The first-order valence-corrected chi connectivity index (χ1v) is 12.1. The number of carbonyl (C=O) groups is 2. The van der Waals surface area contributed by atoms with E-state index in [0.717, 1.165) is 43.3 Å². The lowest BCUT2D eigenvalue weighted by atomic mass is 9.60. The standard InChI is InChI=1S/C25H35NO6/c1-14-12-24-13-25(14,31)8-7-16(24)15-11-17-20(28)23(2,22(30)32-17)18(15)19(24)21(29)26-9-5-3-4-6-10-27/h11,16-20,27-28,31H,1,3-10,12-13H2,2H3,(H,26,29)/t16-,17+,18+,19+,20-,23-,24-,25-/m0/s1. The number of hydrogen-bond donors (Lipinski definition) is 4. The molecule has 4 N–H and O–H groups in total. The topological polar surface area (TPSA) is 116 Å². The van der Waals surface area contributed by atoms with Gasteiger partial charge in [-0.2, -0.15) is 0 Å². The largest absolute Gasteiger partial charge is 0.455 e. The van der Waals surface area contributed by atoms with Crippen LogP contribution in [0.1, 0.15) is 58.3 Å². The highest BCUT2D eigenvalue weighted by Crippen LogP contribution is 2.74. The third-order valence-electron chi connectivity index (χ3n) is 9.35. The maximum absolute atomic E-state index is 13.7. The van der Waals surface area contributed by atoms with Crippen molar-refractivity contribution in [2.45, 2.75) is 76.1 Å². The van der Waals surface area contributed by atoms with Gasteiger partial charge >= 0.3 is 5.97 Å². The Morgan fingerprint density at radius 1 is 1.31 bits per heavy atom. The van der Waals surface area contributed by atoms with E-state index < -0.39 is 46.4 Å². The van der Waals surface area contributed by atoms with Crippen LogP contribution in [0.4, 0.5) is 0 Å². The number of esters is 1. The van der Waals surface area contributed by atoms with E-state index in [1.807, 2.05) is 6.08 Å². The first-order chi connectivity index (χ1) is 15.2. The van der Waals surface area contributed by atoms with Crippen LogP contribution in [0.5, 0.6) is 0 Å². The van der Waals surface area contributed by atoms with E-state index in [2.05, 4.69) is 11.9 Å². The number of aliphatic hydroxyl groups excluding tert-OH is 2. The van der Waals surface area contributed by atoms with Crippen molar-refractivity contribution in [3.8, 4) is 0 Å². The molecule has 0 aromatic heterocycles. The number of unbranched alkanes of at least 4 members (excludes halogenated alkanes) is 3. The van der Waals surface area contributed by atoms with E-state index in [1.165, 1.54) is 0 Å². The molecule has 5 aliphatic rings. The summed E-state index contributed by atoms with van der Waals surface area (Å²) in [6.45, 7) is 6.63. The summed E-state index contributed by atoms with van der Waals surface area (Å²) in [5.74, 6) is -1.41. The van der Waals surface area contributed by atoms with Crippen LogP contribution in [0.25, 0.3) is 0 Å². The van der Waals surface area contributed by atoms with Gasteiger partial charge in [0.1, 0.15) is 17.6 Å². The molecule has 1 spiro atoms. The number of aliphatic hydroxyl groups is 3. The minimum absolute atomic E-state index is 0.0798. The number of nitrogens with one attached hydrogen (secondary N) is 1. The summed E-state index contributed by atoms with van der Waals surface area (Å²) in [7, 11) is 0. The molecule has 1 heterocycles. The van der Waals surface area contributed by atoms with Crippen molar-refractivity contribution in [2.75, 3.05) is 13.2 Å². The lowest BCUT2D eigenvalue weighted by Crippen LogP contribution is -2.52. The molecule has 8 atom stereocenters. The van der Waals surface area contributed by atoms with Crippen LogP contribution in [-0.2, 0) is 14.3 Å². The Balaban J connectivity index is 1.49. The highest BCUT2D eigenvalue weighted by atomic mass is 16.6. The molecule has 4 fully saturated rings. The van der Waals surface area contributed by atoms with E-state index in [4.69, 9.17) is 9.84 Å². The van der Waals surface area contributed by atoms with E-state index in [1.54, 1.807) is 6.92 Å². The summed E-state index contributed by atoms with van der Waals surface area (Å²) in [6.07, 6.45) is 6.11. The van der Waals surface area contributed by atoms with E-state index >= 15 is 0 Å². The van der Waals surface area contributed by atoms with Crippen molar-refractivity contribution in [1.29, 1.82) is 0 Å². The van der Waals surface area contributed by atoms with Crippen molar-refractivity contribution in [3.63, 3.8) is 0 Å². The molecule has 176 valence electrons. The van der Waals surface area contributed by atoms with Crippen molar-refractivity contribution in [2.24, 2.45) is 28.6 Å². The highest BCUT2D eigenvalue weighted by Gasteiger charge is 2.75. The molecule has 0 radical (unpaired) electrons. The maximum Gasteiger partial charge on any atom is 0.315 e. The van der Waals surface area contributed by atoms with Crippen molar-refractivity contribution in [1.82, 2.24) is 5.32 Å². The first-order valence-electron chi connectivity index (χ1n) is 12.1. The molecular weight excluding hydrogens is 410 g/mol. The normalized spacial score (nSPS) is 45.9. The molecule has 1 aliphatic heterocycles. The lowest BCUT2D eigenvalue weighted by Gasteiger charge is -2.42. The Hall–Kier alpha value is -1.70. The smallest absolute Gasteiger partial charge is 0.315 e. The van der Waals surface area contributed by atoms with Crippen LogP contribution in [0.2, 0.25) is 0 Å². The van der Waals surface area contributed by atoms with Crippen molar-refractivity contribution >= 4 is 11.9 Å². The molecule has 4 bridgehead atoms. The van der Waals surface area contributed by atoms with E-state index in [0.29, 0.717) is 25.8 Å². The minimum atomic E-state index is -1.16. The summed E-state index contributed by atoms with van der Waals surface area (Å²) >= 11 is 0. The number of carbonyl (C=O) groups excluding carboxylic acids is 2. The minimum Gasteiger partial charge on any atom is -0.455 e. The molecule has 4 aliphatic carbocycles. The fourth-order valence-electron chi connectivity index (χ4n) is 7.79. The number of rotatable bonds is 7. The zero-order chi connectivity index (χ0) is 22.9. The quantitative estimate of drug-likeness (QED) is 0.269. The van der Waals surface area contributed by atoms with Gasteiger partial charge in [-0.05, 0) is 68.4 Å². The Bertz CT molecular complexity index is 884. The number of hydrogen-bond acceptors (Lipinski definition) is 6. The van der Waals surface area contributed by atoms with Crippen LogP contribution in [0.15, 0.2) is 23.8 Å². The fraction of sp³-hybridized carbons (Fsp3) is 0.760. The molecule has 7 heteroatoms. The zero-order valence-corrected chi connectivity index (χ0v) is 18.8. The third-order valence-corrected chi connectivity index (χ3v) is 9.35. The monoisotopic (exact) mass is 445 g/mol. The van der Waals surface area contributed by atoms with Crippen LogP contribution in [0, 0.1) is 28.6 Å². The predicted molar refractivity (Wildman–Crippen MR) is 116 cm³/mol. The molecule has 0 unspecified atom stereocenters. The van der Waals surface area contributed by atoms with Gasteiger partial charge in [-0.3, -0.25) is 9.59 Å². The van der Waals surface area contributed by atoms with Crippen LogP contribution >= 0.6 is 0 Å². The number of allylic oxidation sites excluding steroid dienone is 1. The van der Waals surface area contributed by atoms with E-state index in [-0.39, 0.29) is 18.4 Å². The van der Waals surface area contributed by atoms with Gasteiger partial charge in [0.25, 0.3) is 0 Å². The van der Waals surface area contributed by atoms with Gasteiger partial charge in [-0.15, -0.1) is 0 Å². The van der Waals surface area contributed by atoms with Gasteiger partial charge in [-0.1, -0.05) is 25.0 Å². The summed E-state index contributed by atoms with van der Waals surface area (Å²) in [6, 6.07) is 0. The highest BCUT2D eigenvalue weighted by molar-refractivity contribution is 5.87. The van der Waals surface area contributed by atoms with Crippen LogP contribution in [-0.4, -0.2) is 58.2 Å². The maximum atomic E-state index is 13.7. The van der Waals surface area contributed by atoms with Crippen molar-refractivity contribution < 1.29 is 29.6 Å². The number of amides is 1. The second-order valence-corrected chi connectivity index (χ2v) is 11.0. The molecule has 0 aromatic carbocycles.